The highest BCUT2D eigenvalue weighted by atomic mass is 35.5. The average Bonchev–Trinajstić information content (AvgIpc) is 2.11. The molecule has 0 aliphatic rings. The molecule has 0 bridgehead atoms. The molecule has 0 heterocycles. The largest absolute Gasteiger partial charge is 0.380 e. The predicted molar refractivity (Wildman–Crippen MR) is 69.5 cm³/mol. The molecule has 0 fully saturated rings. The van der Waals surface area contributed by atoms with Gasteiger partial charge in [0, 0.05) is 11.1 Å². The second-order valence-corrected chi connectivity index (χ2v) is 4.83. The van der Waals surface area contributed by atoms with Crippen LogP contribution in [0.3, 0.4) is 0 Å². The Hall–Kier alpha value is -0.110. The zero-order valence-electron chi connectivity index (χ0n) is 8.78. The molecule has 0 saturated heterocycles. The maximum atomic E-state index is 6.05. The van der Waals surface area contributed by atoms with Crippen molar-refractivity contribution in [3.05, 3.63) is 27.2 Å². The van der Waals surface area contributed by atoms with Gasteiger partial charge in [-0.2, -0.15) is 0 Å². The minimum atomic E-state index is 0.353. The molecule has 0 spiro atoms. The molecule has 0 amide bonds. The zero-order valence-corrected chi connectivity index (χ0v) is 11.0. The Balaban J connectivity index is 2.85. The van der Waals surface area contributed by atoms with E-state index in [4.69, 9.17) is 34.8 Å². The van der Waals surface area contributed by atoms with Crippen LogP contribution in [0.4, 0.5) is 5.69 Å². The summed E-state index contributed by atoms with van der Waals surface area (Å²) in [5.74, 6) is 0. The van der Waals surface area contributed by atoms with Gasteiger partial charge in [-0.1, -0.05) is 48.1 Å². The fourth-order valence-electron chi connectivity index (χ4n) is 1.43. The second kappa shape index (κ2) is 5.83. The lowest BCUT2D eigenvalue weighted by Gasteiger charge is -2.16. The number of benzene rings is 1. The summed E-state index contributed by atoms with van der Waals surface area (Å²) in [6.45, 7) is 4.24. The molecule has 1 rings (SSSR count). The first-order chi connectivity index (χ1) is 7.04. The Kier molecular flexibility index (Phi) is 5.04. The van der Waals surface area contributed by atoms with Gasteiger partial charge in [0.2, 0.25) is 0 Å². The van der Waals surface area contributed by atoms with Gasteiger partial charge in [-0.05, 0) is 25.5 Å². The third-order valence-electron chi connectivity index (χ3n) is 2.12. The molecular weight excluding hydrogens is 252 g/mol. The summed E-state index contributed by atoms with van der Waals surface area (Å²) in [5.41, 5.74) is 0.767. The molecule has 1 nitrogen and oxygen atoms in total. The highest BCUT2D eigenvalue weighted by Crippen LogP contribution is 2.34. The fraction of sp³-hybridized carbons (Fsp3) is 0.455. The Morgan fingerprint density at radius 2 is 1.73 bits per heavy atom. The van der Waals surface area contributed by atoms with Gasteiger partial charge in [0.1, 0.15) is 0 Å². The van der Waals surface area contributed by atoms with Crippen LogP contribution in [-0.4, -0.2) is 6.04 Å². The monoisotopic (exact) mass is 265 g/mol. The maximum absolute atomic E-state index is 6.05. The van der Waals surface area contributed by atoms with Crippen LogP contribution in [0.5, 0.6) is 0 Å². The van der Waals surface area contributed by atoms with E-state index in [0.29, 0.717) is 21.1 Å². The topological polar surface area (TPSA) is 12.0 Å². The number of rotatable bonds is 4. The van der Waals surface area contributed by atoms with Crippen molar-refractivity contribution in [3.8, 4) is 0 Å². The van der Waals surface area contributed by atoms with Crippen molar-refractivity contribution in [1.29, 1.82) is 0 Å². The van der Waals surface area contributed by atoms with E-state index in [0.717, 1.165) is 18.5 Å². The third-order valence-corrected chi connectivity index (χ3v) is 2.93. The molecule has 4 heteroatoms. The molecule has 0 aliphatic heterocycles. The van der Waals surface area contributed by atoms with Gasteiger partial charge in [0.15, 0.2) is 0 Å². The molecular formula is C11H14Cl3N. The Bertz CT molecular complexity index is 316. The first-order valence-electron chi connectivity index (χ1n) is 4.95. The normalized spacial score (nSPS) is 12.6. The van der Waals surface area contributed by atoms with Gasteiger partial charge in [-0.15, -0.1) is 0 Å². The lowest BCUT2D eigenvalue weighted by atomic mass is 10.2. The molecule has 1 aromatic rings. The summed E-state index contributed by atoms with van der Waals surface area (Å²) in [6.07, 6.45) is 2.20. The second-order valence-electron chi connectivity index (χ2n) is 3.58. The number of halogens is 3. The summed E-state index contributed by atoms with van der Waals surface area (Å²) in [4.78, 5) is 0. The first-order valence-corrected chi connectivity index (χ1v) is 6.09. The first kappa shape index (κ1) is 13.0. The SMILES string of the molecule is CCCC(C)Nc1c(Cl)cc(Cl)cc1Cl. The van der Waals surface area contributed by atoms with E-state index in [-0.39, 0.29) is 0 Å². The van der Waals surface area contributed by atoms with Gasteiger partial charge in [0.25, 0.3) is 0 Å². The molecule has 1 unspecified atom stereocenters. The van der Waals surface area contributed by atoms with Crippen LogP contribution in [0.1, 0.15) is 26.7 Å². The van der Waals surface area contributed by atoms with Crippen molar-refractivity contribution in [1.82, 2.24) is 0 Å². The molecule has 84 valence electrons. The van der Waals surface area contributed by atoms with E-state index in [1.807, 2.05) is 0 Å². The van der Waals surface area contributed by atoms with Crippen LogP contribution in [0.2, 0.25) is 15.1 Å². The van der Waals surface area contributed by atoms with Crippen molar-refractivity contribution in [2.45, 2.75) is 32.7 Å². The van der Waals surface area contributed by atoms with Crippen molar-refractivity contribution in [3.63, 3.8) is 0 Å². The van der Waals surface area contributed by atoms with Crippen LogP contribution in [0.25, 0.3) is 0 Å². The summed E-state index contributed by atoms with van der Waals surface area (Å²) in [7, 11) is 0. The smallest absolute Gasteiger partial charge is 0.0722 e. The van der Waals surface area contributed by atoms with Crippen LogP contribution in [-0.2, 0) is 0 Å². The lowest BCUT2D eigenvalue weighted by Crippen LogP contribution is -2.15. The van der Waals surface area contributed by atoms with Crippen molar-refractivity contribution >= 4 is 40.5 Å². The molecule has 15 heavy (non-hydrogen) atoms. The van der Waals surface area contributed by atoms with E-state index < -0.39 is 0 Å². The van der Waals surface area contributed by atoms with Crippen molar-refractivity contribution in [2.75, 3.05) is 5.32 Å². The van der Waals surface area contributed by atoms with E-state index >= 15 is 0 Å². The Labute approximate surface area is 106 Å². The molecule has 1 N–H and O–H groups in total. The highest BCUT2D eigenvalue weighted by Gasteiger charge is 2.09. The third kappa shape index (κ3) is 3.75. The van der Waals surface area contributed by atoms with Crippen LogP contribution in [0.15, 0.2) is 12.1 Å². The lowest BCUT2D eigenvalue weighted by molar-refractivity contribution is 0.690. The van der Waals surface area contributed by atoms with Crippen molar-refractivity contribution in [2.24, 2.45) is 0 Å². The molecule has 1 aromatic carbocycles. The fourth-order valence-corrected chi connectivity index (χ4v) is 2.36. The van der Waals surface area contributed by atoms with Gasteiger partial charge in [0.05, 0.1) is 15.7 Å². The minimum absolute atomic E-state index is 0.353. The van der Waals surface area contributed by atoms with Gasteiger partial charge in [-0.25, -0.2) is 0 Å². The number of hydrogen-bond acceptors (Lipinski definition) is 1. The highest BCUT2D eigenvalue weighted by molar-refractivity contribution is 6.41. The van der Waals surface area contributed by atoms with E-state index in [2.05, 4.69) is 19.2 Å². The molecule has 0 radical (unpaired) electrons. The summed E-state index contributed by atoms with van der Waals surface area (Å²) in [5, 5.41) is 4.97. The molecule has 0 saturated carbocycles. The molecule has 0 aromatic heterocycles. The standard InChI is InChI=1S/C11H14Cl3N/c1-3-4-7(2)15-11-9(13)5-8(12)6-10(11)14/h5-7,15H,3-4H2,1-2H3. The number of hydrogen-bond donors (Lipinski definition) is 1. The Morgan fingerprint density at radius 1 is 1.20 bits per heavy atom. The van der Waals surface area contributed by atoms with E-state index in [1.54, 1.807) is 12.1 Å². The summed E-state index contributed by atoms with van der Waals surface area (Å²) >= 11 is 17.9. The minimum Gasteiger partial charge on any atom is -0.380 e. The van der Waals surface area contributed by atoms with Crippen LogP contribution < -0.4 is 5.32 Å². The van der Waals surface area contributed by atoms with Crippen LogP contribution in [0, 0.1) is 0 Å². The quantitative estimate of drug-likeness (QED) is 0.785. The van der Waals surface area contributed by atoms with Gasteiger partial charge < -0.3 is 5.32 Å². The Morgan fingerprint density at radius 3 is 2.20 bits per heavy atom. The number of anilines is 1. The zero-order chi connectivity index (χ0) is 11.4. The predicted octanol–water partition coefficient (Wildman–Crippen LogP) is 5.25. The molecule has 0 aliphatic carbocycles. The van der Waals surface area contributed by atoms with Gasteiger partial charge >= 0.3 is 0 Å². The maximum Gasteiger partial charge on any atom is 0.0722 e. The van der Waals surface area contributed by atoms with Crippen molar-refractivity contribution < 1.29 is 0 Å². The summed E-state index contributed by atoms with van der Waals surface area (Å²) in [6, 6.07) is 3.73. The van der Waals surface area contributed by atoms with Gasteiger partial charge in [-0.3, -0.25) is 0 Å². The van der Waals surface area contributed by atoms with E-state index in [1.165, 1.54) is 0 Å². The average molecular weight is 267 g/mol. The summed E-state index contributed by atoms with van der Waals surface area (Å²) < 4.78 is 0. The van der Waals surface area contributed by atoms with Crippen LogP contribution >= 0.6 is 34.8 Å². The van der Waals surface area contributed by atoms with E-state index in [9.17, 15) is 0 Å². The number of nitrogens with one attached hydrogen (secondary N) is 1. The molecule has 1 atom stereocenters.